The summed E-state index contributed by atoms with van der Waals surface area (Å²) in [7, 11) is -2.83. The van der Waals surface area contributed by atoms with Crippen LogP contribution in [0.4, 0.5) is 0 Å². The lowest BCUT2D eigenvalue weighted by Gasteiger charge is -1.95. The van der Waals surface area contributed by atoms with Crippen LogP contribution in [0.2, 0.25) is 0 Å². The summed E-state index contributed by atoms with van der Waals surface area (Å²) in [6.07, 6.45) is 5.18. The molecular formula is C7H15O2S. The Morgan fingerprint density at radius 2 is 1.90 bits per heavy atom. The molecule has 2 nitrogen and oxygen atoms in total. The quantitative estimate of drug-likeness (QED) is 0.579. The lowest BCUT2D eigenvalue weighted by molar-refractivity contribution is 0.602. The molecule has 0 aromatic rings. The fourth-order valence-corrected chi connectivity index (χ4v) is 1.29. The maximum absolute atomic E-state index is 10.5. The van der Waals surface area contributed by atoms with E-state index in [4.69, 9.17) is 0 Å². The molecule has 0 aromatic heterocycles. The van der Waals surface area contributed by atoms with Gasteiger partial charge in [0.05, 0.1) is 5.75 Å². The minimum atomic E-state index is -2.83. The molecule has 0 unspecified atom stereocenters. The van der Waals surface area contributed by atoms with Crippen molar-refractivity contribution in [2.75, 3.05) is 6.26 Å². The van der Waals surface area contributed by atoms with Crippen molar-refractivity contribution in [3.8, 4) is 0 Å². The van der Waals surface area contributed by atoms with Gasteiger partial charge in [0.2, 0.25) is 0 Å². The summed E-state index contributed by atoms with van der Waals surface area (Å²) in [6, 6.07) is 0. The summed E-state index contributed by atoms with van der Waals surface area (Å²) in [6.45, 7) is 2.10. The fourth-order valence-electron chi connectivity index (χ4n) is 0.692. The predicted octanol–water partition coefficient (Wildman–Crippen LogP) is 1.77. The zero-order chi connectivity index (χ0) is 8.04. The Hall–Kier alpha value is -0.0500. The van der Waals surface area contributed by atoms with Crippen LogP contribution in [-0.2, 0) is 9.84 Å². The molecule has 0 bridgehead atoms. The highest BCUT2D eigenvalue weighted by molar-refractivity contribution is 7.92. The van der Waals surface area contributed by atoms with Crippen molar-refractivity contribution in [1.29, 1.82) is 0 Å². The van der Waals surface area contributed by atoms with Gasteiger partial charge in [-0.05, 0) is 6.42 Å². The van der Waals surface area contributed by atoms with Gasteiger partial charge in [0.1, 0.15) is 0 Å². The number of hydrogen-bond donors (Lipinski definition) is 0. The average Bonchev–Trinajstić information content (AvgIpc) is 1.78. The Morgan fingerprint density at radius 1 is 1.30 bits per heavy atom. The van der Waals surface area contributed by atoms with Crippen molar-refractivity contribution in [1.82, 2.24) is 0 Å². The summed E-state index contributed by atoms with van der Waals surface area (Å²) >= 11 is 0. The molecule has 0 aliphatic rings. The SMILES string of the molecule is CCCCC[CH]S(C)(=O)=O. The van der Waals surface area contributed by atoms with E-state index in [2.05, 4.69) is 6.92 Å². The number of sulfone groups is 1. The monoisotopic (exact) mass is 163 g/mol. The van der Waals surface area contributed by atoms with E-state index >= 15 is 0 Å². The lowest BCUT2D eigenvalue weighted by atomic mass is 10.2. The first-order valence-corrected chi connectivity index (χ1v) is 5.55. The molecule has 0 amide bonds. The highest BCUT2D eigenvalue weighted by atomic mass is 32.2. The Bertz CT molecular complexity index is 158. The number of rotatable bonds is 5. The van der Waals surface area contributed by atoms with Crippen molar-refractivity contribution in [2.24, 2.45) is 0 Å². The molecule has 0 aromatic carbocycles. The average molecular weight is 163 g/mol. The molecular weight excluding hydrogens is 148 g/mol. The van der Waals surface area contributed by atoms with Crippen LogP contribution in [0.1, 0.15) is 32.6 Å². The van der Waals surface area contributed by atoms with E-state index in [9.17, 15) is 8.42 Å². The summed E-state index contributed by atoms with van der Waals surface area (Å²) in [5.41, 5.74) is 0. The van der Waals surface area contributed by atoms with Crippen molar-refractivity contribution < 1.29 is 8.42 Å². The largest absolute Gasteiger partial charge is 0.229 e. The first-order chi connectivity index (χ1) is 4.56. The third-order valence-corrected chi connectivity index (χ3v) is 2.07. The van der Waals surface area contributed by atoms with Gasteiger partial charge in [-0.2, -0.15) is 0 Å². The van der Waals surface area contributed by atoms with Crippen molar-refractivity contribution in [3.05, 3.63) is 5.75 Å². The topological polar surface area (TPSA) is 34.1 Å². The Balaban J connectivity index is 3.21. The van der Waals surface area contributed by atoms with Gasteiger partial charge >= 0.3 is 0 Å². The second-order valence-corrected chi connectivity index (χ2v) is 4.48. The molecule has 3 heteroatoms. The summed E-state index contributed by atoms with van der Waals surface area (Å²) in [4.78, 5) is 0. The van der Waals surface area contributed by atoms with E-state index in [1.54, 1.807) is 0 Å². The Morgan fingerprint density at radius 3 is 2.30 bits per heavy atom. The predicted molar refractivity (Wildman–Crippen MR) is 43.3 cm³/mol. The first kappa shape index (κ1) is 9.95. The molecule has 0 aliphatic heterocycles. The van der Waals surface area contributed by atoms with E-state index in [0.29, 0.717) is 6.42 Å². The van der Waals surface area contributed by atoms with E-state index in [1.165, 1.54) is 12.0 Å². The molecule has 61 valence electrons. The molecule has 0 aliphatic carbocycles. The second kappa shape index (κ2) is 4.72. The van der Waals surface area contributed by atoms with E-state index in [-0.39, 0.29) is 0 Å². The van der Waals surface area contributed by atoms with Crippen LogP contribution in [0.25, 0.3) is 0 Å². The maximum atomic E-state index is 10.5. The van der Waals surface area contributed by atoms with Gasteiger partial charge < -0.3 is 0 Å². The van der Waals surface area contributed by atoms with Crippen LogP contribution < -0.4 is 0 Å². The number of hydrogen-bond acceptors (Lipinski definition) is 2. The van der Waals surface area contributed by atoms with Crippen molar-refractivity contribution in [2.45, 2.75) is 32.6 Å². The lowest BCUT2D eigenvalue weighted by Crippen LogP contribution is -1.95. The van der Waals surface area contributed by atoms with E-state index < -0.39 is 9.84 Å². The molecule has 10 heavy (non-hydrogen) atoms. The molecule has 0 saturated carbocycles. The van der Waals surface area contributed by atoms with E-state index in [1.807, 2.05) is 0 Å². The fraction of sp³-hybridized carbons (Fsp3) is 0.857. The highest BCUT2D eigenvalue weighted by Crippen LogP contribution is 2.04. The van der Waals surface area contributed by atoms with Gasteiger partial charge in [-0.15, -0.1) is 0 Å². The van der Waals surface area contributed by atoms with Crippen LogP contribution in [0.15, 0.2) is 0 Å². The van der Waals surface area contributed by atoms with Crippen LogP contribution in [0.3, 0.4) is 0 Å². The van der Waals surface area contributed by atoms with Gasteiger partial charge in [-0.25, -0.2) is 8.42 Å². The highest BCUT2D eigenvalue weighted by Gasteiger charge is 2.00. The van der Waals surface area contributed by atoms with Gasteiger partial charge in [-0.1, -0.05) is 26.2 Å². The maximum Gasteiger partial charge on any atom is 0.151 e. The van der Waals surface area contributed by atoms with Gasteiger partial charge in [-0.3, -0.25) is 0 Å². The zero-order valence-electron chi connectivity index (χ0n) is 6.63. The molecule has 1 radical (unpaired) electrons. The normalized spacial score (nSPS) is 11.8. The third kappa shape index (κ3) is 7.95. The van der Waals surface area contributed by atoms with Crippen LogP contribution in [0.5, 0.6) is 0 Å². The standard InChI is InChI=1S/C7H15O2S/c1-3-4-5-6-7-10(2,8)9/h7H,3-6H2,1-2H3. The third-order valence-electron chi connectivity index (χ3n) is 1.23. The Kier molecular flexibility index (Phi) is 4.69. The second-order valence-electron chi connectivity index (χ2n) is 2.49. The summed E-state index contributed by atoms with van der Waals surface area (Å²) in [5, 5.41) is 0. The molecule has 0 atom stereocenters. The van der Waals surface area contributed by atoms with Crippen LogP contribution in [0, 0.1) is 5.75 Å². The van der Waals surface area contributed by atoms with Gasteiger partial charge in [0.25, 0.3) is 0 Å². The molecule has 0 fully saturated rings. The molecule has 0 N–H and O–H groups in total. The number of unbranched alkanes of at least 4 members (excludes halogenated alkanes) is 3. The zero-order valence-corrected chi connectivity index (χ0v) is 7.45. The summed E-state index contributed by atoms with van der Waals surface area (Å²) in [5.74, 6) is 1.39. The van der Waals surface area contributed by atoms with Crippen LogP contribution in [-0.4, -0.2) is 14.7 Å². The first-order valence-electron chi connectivity index (χ1n) is 3.59. The minimum absolute atomic E-state index is 0.701. The summed E-state index contributed by atoms with van der Waals surface area (Å²) < 4.78 is 21.1. The van der Waals surface area contributed by atoms with Crippen molar-refractivity contribution in [3.63, 3.8) is 0 Å². The van der Waals surface area contributed by atoms with Crippen molar-refractivity contribution >= 4 is 9.84 Å². The van der Waals surface area contributed by atoms with Gasteiger partial charge in [0, 0.05) is 6.26 Å². The molecule has 0 spiro atoms. The van der Waals surface area contributed by atoms with E-state index in [0.717, 1.165) is 19.3 Å². The minimum Gasteiger partial charge on any atom is -0.229 e. The molecule has 0 rings (SSSR count). The van der Waals surface area contributed by atoms with Crippen LogP contribution >= 0.6 is 0 Å². The molecule has 0 saturated heterocycles. The smallest absolute Gasteiger partial charge is 0.151 e. The van der Waals surface area contributed by atoms with Gasteiger partial charge in [0.15, 0.2) is 9.84 Å². The molecule has 0 heterocycles. The Labute approximate surface area is 63.6 Å².